The summed E-state index contributed by atoms with van der Waals surface area (Å²) < 4.78 is 4.52. The first-order valence-electron chi connectivity index (χ1n) is 9.06. The predicted molar refractivity (Wildman–Crippen MR) is 98.4 cm³/mol. The Morgan fingerprint density at radius 1 is 1.07 bits per heavy atom. The van der Waals surface area contributed by atoms with Crippen LogP contribution in [-0.2, 0) is 19.1 Å². The molecule has 0 spiro atoms. The Bertz CT molecular complexity index is 1050. The minimum absolute atomic E-state index is 0.234. The number of amides is 4. The number of carbonyl (C=O) groups is 4. The largest absolute Gasteiger partial charge is 0.462 e. The number of nitrogens with zero attached hydrogens (tertiary/aromatic N) is 3. The molecule has 5 rings (SSSR count). The molecule has 3 aliphatic rings. The molecule has 8 heteroatoms. The smallest absolute Gasteiger partial charge is 0.396 e. The summed E-state index contributed by atoms with van der Waals surface area (Å²) >= 11 is 0. The van der Waals surface area contributed by atoms with Crippen LogP contribution in [0, 0.1) is 0 Å². The van der Waals surface area contributed by atoms with Gasteiger partial charge in [-0.25, -0.2) is 14.5 Å². The number of carbonyl (C=O) groups excluding carboxylic acids is 4. The lowest BCUT2D eigenvalue weighted by Crippen LogP contribution is -2.56. The van der Waals surface area contributed by atoms with Crippen molar-refractivity contribution in [2.75, 3.05) is 18.6 Å². The molecule has 4 amide bonds. The molecule has 0 N–H and O–H groups in total. The van der Waals surface area contributed by atoms with Crippen molar-refractivity contribution >= 4 is 40.3 Å². The highest BCUT2D eigenvalue weighted by atomic mass is 16.5. The van der Waals surface area contributed by atoms with Crippen LogP contribution >= 0.6 is 0 Å². The Balaban J connectivity index is 1.53. The van der Waals surface area contributed by atoms with Crippen molar-refractivity contribution in [3.8, 4) is 0 Å². The number of methoxy groups -OCH3 is 1. The number of ether oxygens (including phenoxy) is 1. The molecule has 28 heavy (non-hydrogen) atoms. The van der Waals surface area contributed by atoms with E-state index in [4.69, 9.17) is 0 Å². The Kier molecular flexibility index (Phi) is 3.46. The molecule has 2 unspecified atom stereocenters. The summed E-state index contributed by atoms with van der Waals surface area (Å²) in [4.78, 5) is 54.5. The molecule has 3 saturated heterocycles. The molecular formula is C20H17N3O5. The van der Waals surface area contributed by atoms with Crippen LogP contribution in [0.5, 0.6) is 0 Å². The zero-order valence-electron chi connectivity index (χ0n) is 15.1. The molecule has 2 aromatic rings. The van der Waals surface area contributed by atoms with Crippen LogP contribution in [0.1, 0.15) is 6.42 Å². The van der Waals surface area contributed by atoms with Gasteiger partial charge in [-0.05, 0) is 17.9 Å². The van der Waals surface area contributed by atoms with Gasteiger partial charge in [0.05, 0.1) is 24.9 Å². The topological polar surface area (TPSA) is 87.2 Å². The second kappa shape index (κ2) is 5.79. The van der Waals surface area contributed by atoms with Gasteiger partial charge in [-0.15, -0.1) is 0 Å². The van der Waals surface area contributed by atoms with E-state index >= 15 is 0 Å². The number of piperazine rings is 1. The third kappa shape index (κ3) is 2.05. The second-order valence-corrected chi connectivity index (χ2v) is 7.21. The van der Waals surface area contributed by atoms with E-state index in [-0.39, 0.29) is 24.5 Å². The van der Waals surface area contributed by atoms with Crippen molar-refractivity contribution in [2.24, 2.45) is 0 Å². The van der Waals surface area contributed by atoms with Crippen molar-refractivity contribution < 1.29 is 23.9 Å². The number of imide groups is 1. The molecule has 8 nitrogen and oxygen atoms in total. The Hall–Kier alpha value is -3.42. The fourth-order valence-corrected chi connectivity index (χ4v) is 4.72. The van der Waals surface area contributed by atoms with Gasteiger partial charge in [-0.1, -0.05) is 36.4 Å². The Morgan fingerprint density at radius 2 is 1.82 bits per heavy atom. The van der Waals surface area contributed by atoms with Crippen LogP contribution in [0.3, 0.4) is 0 Å². The van der Waals surface area contributed by atoms with Crippen molar-refractivity contribution in [1.29, 1.82) is 0 Å². The average molecular weight is 379 g/mol. The molecule has 0 saturated carbocycles. The highest BCUT2D eigenvalue weighted by Gasteiger charge is 2.63. The van der Waals surface area contributed by atoms with Crippen LogP contribution < -0.4 is 4.90 Å². The molecule has 0 aromatic heterocycles. The van der Waals surface area contributed by atoms with E-state index < -0.39 is 24.0 Å². The number of hydrogen-bond donors (Lipinski definition) is 0. The maximum Gasteiger partial charge on any atom is 0.396 e. The number of benzene rings is 2. The molecule has 3 heterocycles. The molecular weight excluding hydrogens is 362 g/mol. The third-order valence-electron chi connectivity index (χ3n) is 5.89. The summed E-state index contributed by atoms with van der Waals surface area (Å²) in [5, 5.41) is 1.74. The van der Waals surface area contributed by atoms with Crippen molar-refractivity contribution in [3.63, 3.8) is 0 Å². The van der Waals surface area contributed by atoms with Crippen LogP contribution in [-0.4, -0.2) is 65.4 Å². The van der Waals surface area contributed by atoms with E-state index in [2.05, 4.69) is 4.74 Å². The van der Waals surface area contributed by atoms with Crippen molar-refractivity contribution in [2.45, 2.75) is 24.5 Å². The van der Waals surface area contributed by atoms with Crippen LogP contribution in [0.4, 0.5) is 10.5 Å². The average Bonchev–Trinajstić information content (AvgIpc) is 3.38. The SMILES string of the molecule is COC(=O)C(=O)N1C[C@H]2CC1C1C(=O)N(c3cccc4ccccc34)C(=O)N12. The summed E-state index contributed by atoms with van der Waals surface area (Å²) in [6.07, 6.45) is 0.494. The van der Waals surface area contributed by atoms with E-state index in [1.54, 1.807) is 11.0 Å². The van der Waals surface area contributed by atoms with Gasteiger partial charge in [0.15, 0.2) is 0 Å². The summed E-state index contributed by atoms with van der Waals surface area (Å²) in [7, 11) is 1.15. The highest BCUT2D eigenvalue weighted by molar-refractivity contribution is 6.33. The normalized spacial score (nSPS) is 25.6. The zero-order chi connectivity index (χ0) is 19.6. The van der Waals surface area contributed by atoms with Gasteiger partial charge < -0.3 is 14.5 Å². The summed E-state index contributed by atoms with van der Waals surface area (Å²) in [5.74, 6) is -2.09. The molecule has 142 valence electrons. The number of esters is 1. The first-order valence-corrected chi connectivity index (χ1v) is 9.06. The minimum Gasteiger partial charge on any atom is -0.462 e. The molecule has 0 radical (unpaired) electrons. The molecule has 3 fully saturated rings. The first kappa shape index (κ1) is 16.7. The van der Waals surface area contributed by atoms with Gasteiger partial charge in [0.25, 0.3) is 5.91 Å². The lowest BCUT2D eigenvalue weighted by Gasteiger charge is -2.34. The van der Waals surface area contributed by atoms with E-state index in [1.165, 1.54) is 9.80 Å². The summed E-state index contributed by atoms with van der Waals surface area (Å²) in [5.41, 5.74) is 0.535. The van der Waals surface area contributed by atoms with Crippen molar-refractivity contribution in [3.05, 3.63) is 42.5 Å². The van der Waals surface area contributed by atoms with Gasteiger partial charge in [0, 0.05) is 11.9 Å². The quantitative estimate of drug-likeness (QED) is 0.421. The van der Waals surface area contributed by atoms with Crippen molar-refractivity contribution in [1.82, 2.24) is 9.80 Å². The Labute approximate surface area is 160 Å². The van der Waals surface area contributed by atoms with Crippen LogP contribution in [0.2, 0.25) is 0 Å². The van der Waals surface area contributed by atoms with Gasteiger partial charge in [0.2, 0.25) is 0 Å². The lowest BCUT2D eigenvalue weighted by atomic mass is 10.1. The van der Waals surface area contributed by atoms with E-state index in [0.717, 1.165) is 17.9 Å². The maximum atomic E-state index is 13.2. The summed E-state index contributed by atoms with van der Waals surface area (Å²) in [6.45, 7) is 0.234. The molecule has 3 atom stereocenters. The number of hydrogen-bond acceptors (Lipinski definition) is 5. The molecule has 0 aliphatic carbocycles. The standard InChI is InChI=1S/C20H17N3O5/c1-28-19(26)18(25)21-10-12-9-15(21)16-17(24)23(20(27)22(12)16)14-8-4-6-11-5-2-3-7-13(11)14/h2-8,12,15-16H,9-10H2,1H3/t12-,15?,16?/m1/s1. The van der Waals surface area contributed by atoms with Gasteiger partial charge in [-0.2, -0.15) is 0 Å². The minimum atomic E-state index is -0.957. The van der Waals surface area contributed by atoms with E-state index in [0.29, 0.717) is 12.1 Å². The number of fused-ring (bicyclic) bond motifs is 6. The van der Waals surface area contributed by atoms with Crippen LogP contribution in [0.15, 0.2) is 42.5 Å². The first-order chi connectivity index (χ1) is 13.5. The number of likely N-dealkylation sites (tertiary alicyclic amines) is 1. The number of urea groups is 1. The second-order valence-electron chi connectivity index (χ2n) is 7.21. The number of rotatable bonds is 1. The predicted octanol–water partition coefficient (Wildman–Crippen LogP) is 1.13. The molecule has 3 aliphatic heterocycles. The van der Waals surface area contributed by atoms with E-state index in [9.17, 15) is 19.2 Å². The van der Waals surface area contributed by atoms with Crippen LogP contribution in [0.25, 0.3) is 10.8 Å². The van der Waals surface area contributed by atoms with Gasteiger partial charge in [0.1, 0.15) is 6.04 Å². The fraction of sp³-hybridized carbons (Fsp3) is 0.300. The third-order valence-corrected chi connectivity index (χ3v) is 5.89. The molecule has 2 bridgehead atoms. The maximum absolute atomic E-state index is 13.2. The lowest BCUT2D eigenvalue weighted by molar-refractivity contribution is -0.160. The van der Waals surface area contributed by atoms with E-state index in [1.807, 2.05) is 36.4 Å². The monoisotopic (exact) mass is 379 g/mol. The summed E-state index contributed by atoms with van der Waals surface area (Å²) in [6, 6.07) is 11.1. The highest BCUT2D eigenvalue weighted by Crippen LogP contribution is 2.43. The Morgan fingerprint density at radius 3 is 2.61 bits per heavy atom. The molecule has 2 aromatic carbocycles. The fourth-order valence-electron chi connectivity index (χ4n) is 4.72. The zero-order valence-corrected chi connectivity index (χ0v) is 15.1. The number of anilines is 1. The van der Waals surface area contributed by atoms with Gasteiger partial charge >= 0.3 is 17.9 Å². The van der Waals surface area contributed by atoms with Gasteiger partial charge in [-0.3, -0.25) is 9.59 Å².